The maximum atomic E-state index is 11.4. The SMILES string of the molecule is Nc1ccc(S(=O)(=O)NCCO)cn1. The molecule has 0 saturated heterocycles. The van der Waals surface area contributed by atoms with E-state index in [1.54, 1.807) is 0 Å². The molecule has 1 aromatic heterocycles. The van der Waals surface area contributed by atoms with Gasteiger partial charge < -0.3 is 10.8 Å². The van der Waals surface area contributed by atoms with Gasteiger partial charge in [-0.15, -0.1) is 0 Å². The maximum absolute atomic E-state index is 11.4. The van der Waals surface area contributed by atoms with Gasteiger partial charge in [0, 0.05) is 12.7 Å². The highest BCUT2D eigenvalue weighted by molar-refractivity contribution is 7.89. The molecule has 14 heavy (non-hydrogen) atoms. The molecule has 0 bridgehead atoms. The molecule has 0 radical (unpaired) electrons. The van der Waals surface area contributed by atoms with Crippen molar-refractivity contribution in [3.8, 4) is 0 Å². The van der Waals surface area contributed by atoms with Crippen LogP contribution in [0, 0.1) is 0 Å². The van der Waals surface area contributed by atoms with Gasteiger partial charge in [-0.3, -0.25) is 0 Å². The number of hydrogen-bond acceptors (Lipinski definition) is 5. The number of aliphatic hydroxyl groups is 1. The van der Waals surface area contributed by atoms with E-state index in [1.807, 2.05) is 0 Å². The smallest absolute Gasteiger partial charge is 0.242 e. The van der Waals surface area contributed by atoms with Crippen molar-refractivity contribution in [2.75, 3.05) is 18.9 Å². The summed E-state index contributed by atoms with van der Waals surface area (Å²) < 4.78 is 25.0. The second-order valence-corrected chi connectivity index (χ2v) is 4.31. The van der Waals surface area contributed by atoms with Crippen molar-refractivity contribution in [2.24, 2.45) is 0 Å². The van der Waals surface area contributed by atoms with Crippen LogP contribution in [0.25, 0.3) is 0 Å². The Morgan fingerprint density at radius 2 is 2.21 bits per heavy atom. The highest BCUT2D eigenvalue weighted by Gasteiger charge is 2.12. The molecule has 0 aliphatic carbocycles. The lowest BCUT2D eigenvalue weighted by Gasteiger charge is -2.04. The van der Waals surface area contributed by atoms with Gasteiger partial charge in [0.05, 0.1) is 6.61 Å². The fourth-order valence-electron chi connectivity index (χ4n) is 0.814. The van der Waals surface area contributed by atoms with E-state index in [1.165, 1.54) is 12.1 Å². The molecular formula is C7H11N3O3S. The fourth-order valence-corrected chi connectivity index (χ4v) is 1.78. The molecule has 0 saturated carbocycles. The van der Waals surface area contributed by atoms with E-state index >= 15 is 0 Å². The van der Waals surface area contributed by atoms with Crippen molar-refractivity contribution in [1.29, 1.82) is 0 Å². The number of aliphatic hydroxyl groups excluding tert-OH is 1. The zero-order valence-corrected chi connectivity index (χ0v) is 8.16. The third-order valence-electron chi connectivity index (χ3n) is 1.47. The summed E-state index contributed by atoms with van der Waals surface area (Å²) in [6.45, 7) is -0.270. The molecule has 78 valence electrons. The molecule has 0 aliphatic rings. The minimum atomic E-state index is -3.57. The summed E-state index contributed by atoms with van der Waals surface area (Å²) in [5.74, 6) is 0.256. The molecule has 4 N–H and O–H groups in total. The van der Waals surface area contributed by atoms with Crippen LogP contribution in [-0.4, -0.2) is 31.7 Å². The average molecular weight is 217 g/mol. The second kappa shape index (κ2) is 4.36. The number of anilines is 1. The van der Waals surface area contributed by atoms with Crippen molar-refractivity contribution < 1.29 is 13.5 Å². The van der Waals surface area contributed by atoms with E-state index in [0.717, 1.165) is 6.20 Å². The molecule has 0 aromatic carbocycles. The topological polar surface area (TPSA) is 105 Å². The number of nitrogens with zero attached hydrogens (tertiary/aromatic N) is 1. The van der Waals surface area contributed by atoms with Crippen LogP contribution < -0.4 is 10.5 Å². The average Bonchev–Trinajstić information content (AvgIpc) is 2.16. The van der Waals surface area contributed by atoms with Crippen LogP contribution in [0.15, 0.2) is 23.2 Å². The first-order valence-electron chi connectivity index (χ1n) is 3.88. The van der Waals surface area contributed by atoms with E-state index in [0.29, 0.717) is 0 Å². The number of hydrogen-bond donors (Lipinski definition) is 3. The number of nitrogens with one attached hydrogen (secondary N) is 1. The predicted molar refractivity (Wildman–Crippen MR) is 50.9 cm³/mol. The third kappa shape index (κ3) is 2.66. The Morgan fingerprint density at radius 3 is 2.71 bits per heavy atom. The normalized spacial score (nSPS) is 11.5. The molecule has 0 aliphatic heterocycles. The van der Waals surface area contributed by atoms with Crippen LogP contribution in [0.3, 0.4) is 0 Å². The van der Waals surface area contributed by atoms with Crippen molar-refractivity contribution in [3.05, 3.63) is 18.3 Å². The van der Waals surface area contributed by atoms with Gasteiger partial charge in [-0.05, 0) is 12.1 Å². The Kier molecular flexibility index (Phi) is 3.39. The molecule has 6 nitrogen and oxygen atoms in total. The van der Waals surface area contributed by atoms with E-state index < -0.39 is 10.0 Å². The quantitative estimate of drug-likeness (QED) is 0.596. The summed E-state index contributed by atoms with van der Waals surface area (Å²) in [7, 11) is -3.57. The van der Waals surface area contributed by atoms with Gasteiger partial charge in [-0.2, -0.15) is 0 Å². The van der Waals surface area contributed by atoms with E-state index in [4.69, 9.17) is 10.8 Å². The summed E-state index contributed by atoms with van der Waals surface area (Å²) in [4.78, 5) is 3.68. The number of aromatic nitrogens is 1. The van der Waals surface area contributed by atoms with Crippen molar-refractivity contribution in [3.63, 3.8) is 0 Å². The molecule has 1 aromatic rings. The Bertz CT molecular complexity index is 387. The Labute approximate surface area is 81.8 Å². The molecule has 1 heterocycles. The number of rotatable bonds is 4. The van der Waals surface area contributed by atoms with Crippen LogP contribution >= 0.6 is 0 Å². The van der Waals surface area contributed by atoms with Gasteiger partial charge in [0.25, 0.3) is 0 Å². The number of sulfonamides is 1. The Morgan fingerprint density at radius 1 is 1.50 bits per heavy atom. The zero-order chi connectivity index (χ0) is 10.6. The lowest BCUT2D eigenvalue weighted by molar-refractivity contribution is 0.301. The molecular weight excluding hydrogens is 206 g/mol. The van der Waals surface area contributed by atoms with Gasteiger partial charge in [0.2, 0.25) is 10.0 Å². The van der Waals surface area contributed by atoms with Gasteiger partial charge >= 0.3 is 0 Å². The first kappa shape index (κ1) is 10.9. The van der Waals surface area contributed by atoms with Crippen LogP contribution in [0.1, 0.15) is 0 Å². The molecule has 0 unspecified atom stereocenters. The molecule has 0 spiro atoms. The van der Waals surface area contributed by atoms with Gasteiger partial charge in [0.1, 0.15) is 10.7 Å². The standard InChI is InChI=1S/C7H11N3O3S/c8-7-2-1-6(5-9-7)14(12,13)10-3-4-11/h1-2,5,10-11H,3-4H2,(H2,8,9). The monoisotopic (exact) mass is 217 g/mol. The van der Waals surface area contributed by atoms with Crippen molar-refractivity contribution >= 4 is 15.8 Å². The lowest BCUT2D eigenvalue weighted by atomic mass is 10.5. The minimum Gasteiger partial charge on any atom is -0.395 e. The Balaban J connectivity index is 2.87. The predicted octanol–water partition coefficient (Wildman–Crippen LogP) is -1.07. The van der Waals surface area contributed by atoms with E-state index in [9.17, 15) is 8.42 Å². The van der Waals surface area contributed by atoms with Crippen LogP contribution in [0.5, 0.6) is 0 Å². The molecule has 7 heteroatoms. The number of pyridine rings is 1. The van der Waals surface area contributed by atoms with Gasteiger partial charge in [0.15, 0.2) is 0 Å². The maximum Gasteiger partial charge on any atom is 0.242 e. The summed E-state index contributed by atoms with van der Waals surface area (Å²) in [5, 5.41) is 8.46. The summed E-state index contributed by atoms with van der Waals surface area (Å²) in [6, 6.07) is 2.75. The van der Waals surface area contributed by atoms with Crippen molar-refractivity contribution in [1.82, 2.24) is 9.71 Å². The highest BCUT2D eigenvalue weighted by Crippen LogP contribution is 2.07. The van der Waals surface area contributed by atoms with Gasteiger partial charge in [-0.1, -0.05) is 0 Å². The van der Waals surface area contributed by atoms with E-state index in [2.05, 4.69) is 9.71 Å². The zero-order valence-electron chi connectivity index (χ0n) is 7.34. The minimum absolute atomic E-state index is 0.0211. The van der Waals surface area contributed by atoms with Crippen molar-refractivity contribution in [2.45, 2.75) is 4.90 Å². The number of nitrogen functional groups attached to an aromatic ring is 1. The molecule has 0 atom stereocenters. The Hall–Kier alpha value is -1.18. The van der Waals surface area contributed by atoms with Gasteiger partial charge in [-0.25, -0.2) is 18.1 Å². The van der Waals surface area contributed by atoms with Crippen LogP contribution in [0.2, 0.25) is 0 Å². The first-order valence-corrected chi connectivity index (χ1v) is 5.36. The fraction of sp³-hybridized carbons (Fsp3) is 0.286. The van der Waals surface area contributed by atoms with Crippen LogP contribution in [-0.2, 0) is 10.0 Å². The van der Waals surface area contributed by atoms with E-state index in [-0.39, 0.29) is 23.9 Å². The lowest BCUT2D eigenvalue weighted by Crippen LogP contribution is -2.26. The molecule has 1 rings (SSSR count). The first-order chi connectivity index (χ1) is 6.56. The second-order valence-electron chi connectivity index (χ2n) is 2.54. The summed E-state index contributed by atoms with van der Waals surface area (Å²) >= 11 is 0. The molecule has 0 fully saturated rings. The summed E-state index contributed by atoms with van der Waals surface area (Å²) in [5.41, 5.74) is 5.30. The summed E-state index contributed by atoms with van der Waals surface area (Å²) in [6.07, 6.45) is 1.16. The third-order valence-corrected chi connectivity index (χ3v) is 2.92. The van der Waals surface area contributed by atoms with Crippen LogP contribution in [0.4, 0.5) is 5.82 Å². The molecule has 0 amide bonds. The number of nitrogens with two attached hydrogens (primary N) is 1. The highest BCUT2D eigenvalue weighted by atomic mass is 32.2. The largest absolute Gasteiger partial charge is 0.395 e.